The molecule has 1 amide bonds. The number of hydrogen-bond donors (Lipinski definition) is 1. The fourth-order valence-corrected chi connectivity index (χ4v) is 2.85. The molecule has 0 aliphatic heterocycles. The number of carbonyl (C=O) groups excluding carboxylic acids is 1. The molecule has 0 heterocycles. The summed E-state index contributed by atoms with van der Waals surface area (Å²) >= 11 is 5.87. The summed E-state index contributed by atoms with van der Waals surface area (Å²) in [6.45, 7) is 5.58. The summed E-state index contributed by atoms with van der Waals surface area (Å²) in [6.07, 6.45) is 3.52. The summed E-state index contributed by atoms with van der Waals surface area (Å²) in [4.78, 5) is 14.2. The average Bonchev–Trinajstić information content (AvgIpc) is 2.73. The van der Waals surface area contributed by atoms with Crippen molar-refractivity contribution in [2.45, 2.75) is 26.7 Å². The maximum Gasteiger partial charge on any atom is 0.260 e. The first-order chi connectivity index (χ1) is 14.1. The van der Waals surface area contributed by atoms with E-state index in [9.17, 15) is 4.79 Å². The summed E-state index contributed by atoms with van der Waals surface area (Å²) in [6, 6.07) is 12.7. The van der Waals surface area contributed by atoms with Gasteiger partial charge in [-0.15, -0.1) is 0 Å². The first-order valence-electron chi connectivity index (χ1n) is 9.70. The molecule has 0 radical (unpaired) electrons. The van der Waals surface area contributed by atoms with Crippen molar-refractivity contribution in [3.63, 3.8) is 0 Å². The van der Waals surface area contributed by atoms with E-state index in [1.54, 1.807) is 31.5 Å². The van der Waals surface area contributed by atoms with Gasteiger partial charge < -0.3 is 14.4 Å². The quantitative estimate of drug-likeness (QED) is 0.420. The largest absolute Gasteiger partial charge is 0.493 e. The number of carbonyl (C=O) groups is 1. The van der Waals surface area contributed by atoms with Crippen molar-refractivity contribution < 1.29 is 14.3 Å². The molecule has 7 heteroatoms. The number of hydrogen-bond acceptors (Lipinski definition) is 5. The number of benzene rings is 2. The number of methoxy groups -OCH3 is 1. The Morgan fingerprint density at radius 2 is 1.79 bits per heavy atom. The number of nitrogens with zero attached hydrogens (tertiary/aromatic N) is 2. The minimum Gasteiger partial charge on any atom is -0.493 e. The third-order valence-corrected chi connectivity index (χ3v) is 4.38. The maximum absolute atomic E-state index is 12.4. The second-order valence-electron chi connectivity index (χ2n) is 6.46. The normalized spacial score (nSPS) is 10.8. The van der Waals surface area contributed by atoms with E-state index in [4.69, 9.17) is 21.1 Å². The van der Waals surface area contributed by atoms with E-state index in [-0.39, 0.29) is 12.5 Å². The molecule has 0 aliphatic rings. The van der Waals surface area contributed by atoms with Crippen LogP contribution < -0.4 is 14.9 Å². The van der Waals surface area contributed by atoms with Gasteiger partial charge in [0.25, 0.3) is 5.91 Å². The highest BCUT2D eigenvalue weighted by molar-refractivity contribution is 6.30. The summed E-state index contributed by atoms with van der Waals surface area (Å²) in [5, 5.41) is 4.88. The Hall–Kier alpha value is -2.73. The molecule has 1 N–H and O–H groups in total. The van der Waals surface area contributed by atoms with Crippen molar-refractivity contribution >= 4 is 29.4 Å². The van der Waals surface area contributed by atoms with Crippen LogP contribution in [0.4, 0.5) is 5.69 Å². The molecule has 156 valence electrons. The van der Waals surface area contributed by atoms with Crippen LogP contribution in [0.1, 0.15) is 32.3 Å². The van der Waals surface area contributed by atoms with Gasteiger partial charge in [0, 0.05) is 18.1 Å². The number of anilines is 1. The number of amides is 1. The van der Waals surface area contributed by atoms with E-state index in [0.717, 1.165) is 37.2 Å². The van der Waals surface area contributed by atoms with Crippen molar-refractivity contribution in [3.8, 4) is 11.5 Å². The van der Waals surface area contributed by atoms with E-state index in [0.29, 0.717) is 16.5 Å². The van der Waals surface area contributed by atoms with Gasteiger partial charge in [-0.3, -0.25) is 10.2 Å². The average molecular weight is 418 g/mol. The molecule has 0 bridgehead atoms. The zero-order chi connectivity index (χ0) is 21.1. The van der Waals surface area contributed by atoms with E-state index in [1.165, 1.54) is 0 Å². The highest BCUT2D eigenvalue weighted by Gasteiger charge is 2.14. The van der Waals surface area contributed by atoms with E-state index in [1.807, 2.05) is 29.2 Å². The van der Waals surface area contributed by atoms with Gasteiger partial charge in [0.15, 0.2) is 18.1 Å². The van der Waals surface area contributed by atoms with Crippen LogP contribution in [0.15, 0.2) is 47.6 Å². The Morgan fingerprint density at radius 3 is 2.41 bits per heavy atom. The number of nitrogens with one attached hydrogen (secondary N) is 1. The molecule has 6 nitrogen and oxygen atoms in total. The highest BCUT2D eigenvalue weighted by atomic mass is 35.5. The van der Waals surface area contributed by atoms with Crippen LogP contribution in [-0.2, 0) is 4.79 Å². The molecule has 2 aromatic rings. The van der Waals surface area contributed by atoms with E-state index >= 15 is 0 Å². The van der Waals surface area contributed by atoms with E-state index in [2.05, 4.69) is 24.4 Å². The monoisotopic (exact) mass is 417 g/mol. The molecule has 0 saturated heterocycles. The van der Waals surface area contributed by atoms with Gasteiger partial charge in [-0.1, -0.05) is 25.4 Å². The Balaban J connectivity index is 1.97. The third-order valence-electron chi connectivity index (χ3n) is 4.13. The fraction of sp³-hybridized carbons (Fsp3) is 0.364. The third kappa shape index (κ3) is 7.31. The lowest BCUT2D eigenvalue weighted by molar-refractivity contribution is -0.133. The van der Waals surface area contributed by atoms with Gasteiger partial charge in [-0.2, -0.15) is 5.10 Å². The molecule has 0 saturated carbocycles. The standard InChI is InChI=1S/C22H28ClN3O3/c1-4-12-26(13-5-2)22(27)16-29-20-11-6-17(14-21(20)28-3)15-24-25-19-9-7-18(23)8-10-19/h6-11,14-15,25H,4-5,12-13,16H2,1-3H3. The summed E-state index contributed by atoms with van der Waals surface area (Å²) in [5.41, 5.74) is 4.60. The lowest BCUT2D eigenvalue weighted by Crippen LogP contribution is -2.36. The number of halogens is 1. The summed E-state index contributed by atoms with van der Waals surface area (Å²) in [7, 11) is 1.57. The van der Waals surface area contributed by atoms with Crippen LogP contribution in [-0.4, -0.2) is 43.8 Å². The van der Waals surface area contributed by atoms with Crippen molar-refractivity contribution in [2.24, 2.45) is 5.10 Å². The maximum atomic E-state index is 12.4. The van der Waals surface area contributed by atoms with Crippen molar-refractivity contribution in [2.75, 3.05) is 32.2 Å². The minimum absolute atomic E-state index is 0.0120. The molecular formula is C22H28ClN3O3. The summed E-state index contributed by atoms with van der Waals surface area (Å²) < 4.78 is 11.1. The van der Waals surface area contributed by atoms with Crippen molar-refractivity contribution in [3.05, 3.63) is 53.1 Å². The molecule has 0 spiro atoms. The number of ether oxygens (including phenoxy) is 2. The fourth-order valence-electron chi connectivity index (χ4n) is 2.72. The van der Waals surface area contributed by atoms with Crippen LogP contribution in [0.3, 0.4) is 0 Å². The molecule has 2 rings (SSSR count). The lowest BCUT2D eigenvalue weighted by atomic mass is 10.2. The van der Waals surface area contributed by atoms with Crippen LogP contribution in [0.25, 0.3) is 0 Å². The van der Waals surface area contributed by atoms with Crippen LogP contribution in [0.5, 0.6) is 11.5 Å². The molecule has 2 aromatic carbocycles. The minimum atomic E-state index is -0.0199. The molecule has 0 atom stereocenters. The Bertz CT molecular complexity index is 803. The van der Waals surface area contributed by atoms with Crippen LogP contribution >= 0.6 is 11.6 Å². The second-order valence-corrected chi connectivity index (χ2v) is 6.89. The molecule has 29 heavy (non-hydrogen) atoms. The van der Waals surface area contributed by atoms with Gasteiger partial charge in [-0.05, 0) is 60.9 Å². The van der Waals surface area contributed by atoms with Crippen LogP contribution in [0, 0.1) is 0 Å². The van der Waals surface area contributed by atoms with Gasteiger partial charge in [-0.25, -0.2) is 0 Å². The molecule has 0 aromatic heterocycles. The van der Waals surface area contributed by atoms with Crippen molar-refractivity contribution in [1.82, 2.24) is 4.90 Å². The Kier molecular flexibility index (Phi) is 9.31. The van der Waals surface area contributed by atoms with Crippen molar-refractivity contribution in [1.29, 1.82) is 0 Å². The highest BCUT2D eigenvalue weighted by Crippen LogP contribution is 2.27. The van der Waals surface area contributed by atoms with Gasteiger partial charge in [0.05, 0.1) is 19.0 Å². The number of hydrazone groups is 1. The summed E-state index contributed by atoms with van der Waals surface area (Å²) in [5.74, 6) is 1.05. The molecule has 0 unspecified atom stereocenters. The molecule has 0 aliphatic carbocycles. The zero-order valence-corrected chi connectivity index (χ0v) is 17.9. The topological polar surface area (TPSA) is 63.2 Å². The van der Waals surface area contributed by atoms with Gasteiger partial charge >= 0.3 is 0 Å². The SMILES string of the molecule is CCCN(CCC)C(=O)COc1ccc(C=NNc2ccc(Cl)cc2)cc1OC. The predicted molar refractivity (Wildman–Crippen MR) is 118 cm³/mol. The zero-order valence-electron chi connectivity index (χ0n) is 17.2. The second kappa shape index (κ2) is 12.0. The Morgan fingerprint density at radius 1 is 1.10 bits per heavy atom. The van der Waals surface area contributed by atoms with E-state index < -0.39 is 0 Å². The predicted octanol–water partition coefficient (Wildman–Crippen LogP) is 4.82. The smallest absolute Gasteiger partial charge is 0.260 e. The van der Waals surface area contributed by atoms with Crippen LogP contribution in [0.2, 0.25) is 5.02 Å². The molecule has 0 fully saturated rings. The first kappa shape index (κ1) is 22.6. The Labute approximate surface area is 177 Å². The number of rotatable bonds is 11. The molecular weight excluding hydrogens is 390 g/mol. The van der Waals surface area contributed by atoms with Gasteiger partial charge in [0.2, 0.25) is 0 Å². The van der Waals surface area contributed by atoms with Gasteiger partial charge in [0.1, 0.15) is 0 Å². The first-order valence-corrected chi connectivity index (χ1v) is 10.1. The lowest BCUT2D eigenvalue weighted by Gasteiger charge is -2.21.